The molecule has 0 aliphatic rings. The van der Waals surface area contributed by atoms with Crippen molar-refractivity contribution in [3.8, 4) is 11.5 Å². The number of nitro benzene ring substituents is 1. The second-order valence-electron chi connectivity index (χ2n) is 6.06. The molecule has 0 aliphatic carbocycles. The third kappa shape index (κ3) is 5.49. The molecule has 0 spiro atoms. The molecule has 29 heavy (non-hydrogen) atoms. The Labute approximate surface area is 167 Å². The van der Waals surface area contributed by atoms with Crippen molar-refractivity contribution >= 4 is 29.2 Å². The molecule has 0 bridgehead atoms. The SMILES string of the molecule is CCOc1ccc(N=Nc2ccc(/C=C/c3ccc([N+](=O)[O-])cc3)cc2O)cc1. The molecule has 0 heterocycles. The van der Waals surface area contributed by atoms with Crippen molar-refractivity contribution in [3.63, 3.8) is 0 Å². The quantitative estimate of drug-likeness (QED) is 0.222. The van der Waals surface area contributed by atoms with Gasteiger partial charge in [0.1, 0.15) is 17.2 Å². The number of phenolic OH excluding ortho intramolecular Hbond substituents is 1. The zero-order chi connectivity index (χ0) is 20.6. The molecule has 0 amide bonds. The van der Waals surface area contributed by atoms with Crippen LogP contribution in [0.2, 0.25) is 0 Å². The summed E-state index contributed by atoms with van der Waals surface area (Å²) in [5, 5.41) is 29.1. The molecule has 7 heteroatoms. The van der Waals surface area contributed by atoms with Crippen LogP contribution in [0.25, 0.3) is 12.2 Å². The highest BCUT2D eigenvalue weighted by Crippen LogP contribution is 2.30. The summed E-state index contributed by atoms with van der Waals surface area (Å²) in [6, 6.07) is 18.4. The smallest absolute Gasteiger partial charge is 0.269 e. The predicted octanol–water partition coefficient (Wildman–Crippen LogP) is 6.28. The van der Waals surface area contributed by atoms with E-state index < -0.39 is 4.92 Å². The minimum Gasteiger partial charge on any atom is -0.506 e. The Hall–Kier alpha value is -4.00. The molecule has 146 valence electrons. The van der Waals surface area contributed by atoms with Gasteiger partial charge in [-0.05, 0) is 66.6 Å². The Balaban J connectivity index is 1.68. The number of nitro groups is 1. The van der Waals surface area contributed by atoms with Gasteiger partial charge in [-0.25, -0.2) is 0 Å². The summed E-state index contributed by atoms with van der Waals surface area (Å²) in [5.74, 6) is 0.768. The second kappa shape index (κ2) is 9.27. The van der Waals surface area contributed by atoms with Crippen LogP contribution in [0.3, 0.4) is 0 Å². The van der Waals surface area contributed by atoms with Crippen LogP contribution in [0.15, 0.2) is 77.0 Å². The monoisotopic (exact) mass is 389 g/mol. The third-order valence-electron chi connectivity index (χ3n) is 3.99. The Kier molecular flexibility index (Phi) is 6.32. The van der Waals surface area contributed by atoms with Gasteiger partial charge < -0.3 is 9.84 Å². The number of phenols is 1. The Morgan fingerprint density at radius 1 is 0.966 bits per heavy atom. The van der Waals surface area contributed by atoms with Gasteiger partial charge >= 0.3 is 0 Å². The van der Waals surface area contributed by atoms with E-state index in [0.717, 1.165) is 16.9 Å². The van der Waals surface area contributed by atoms with Crippen molar-refractivity contribution in [1.29, 1.82) is 0 Å². The lowest BCUT2D eigenvalue weighted by Crippen LogP contribution is -1.89. The number of hydrogen-bond acceptors (Lipinski definition) is 6. The van der Waals surface area contributed by atoms with E-state index in [9.17, 15) is 15.2 Å². The summed E-state index contributed by atoms with van der Waals surface area (Å²) in [4.78, 5) is 10.2. The van der Waals surface area contributed by atoms with E-state index in [1.54, 1.807) is 54.6 Å². The molecule has 3 aromatic carbocycles. The lowest BCUT2D eigenvalue weighted by Gasteiger charge is -2.02. The van der Waals surface area contributed by atoms with Gasteiger partial charge in [0.25, 0.3) is 5.69 Å². The first-order valence-electron chi connectivity index (χ1n) is 8.95. The van der Waals surface area contributed by atoms with E-state index in [1.807, 2.05) is 19.1 Å². The van der Waals surface area contributed by atoms with Crippen molar-refractivity contribution in [3.05, 3.63) is 88.0 Å². The molecule has 1 N–H and O–H groups in total. The highest BCUT2D eigenvalue weighted by Gasteiger charge is 2.03. The number of ether oxygens (including phenoxy) is 1. The van der Waals surface area contributed by atoms with Crippen LogP contribution >= 0.6 is 0 Å². The maximum absolute atomic E-state index is 10.7. The molecule has 3 rings (SSSR count). The fourth-order valence-electron chi connectivity index (χ4n) is 2.52. The molecule has 0 aliphatic heterocycles. The number of rotatable bonds is 7. The van der Waals surface area contributed by atoms with E-state index in [-0.39, 0.29) is 11.4 Å². The fraction of sp³-hybridized carbons (Fsp3) is 0.0909. The average Bonchev–Trinajstić information content (AvgIpc) is 2.73. The van der Waals surface area contributed by atoms with E-state index in [1.165, 1.54) is 12.1 Å². The summed E-state index contributed by atoms with van der Waals surface area (Å²) >= 11 is 0. The summed E-state index contributed by atoms with van der Waals surface area (Å²) in [7, 11) is 0. The first-order chi connectivity index (χ1) is 14.0. The molecule has 0 fully saturated rings. The van der Waals surface area contributed by atoms with Crippen LogP contribution in [0.4, 0.5) is 17.1 Å². The number of aromatic hydroxyl groups is 1. The molecule has 0 atom stereocenters. The molecule has 0 aromatic heterocycles. The molecule has 0 saturated heterocycles. The zero-order valence-electron chi connectivity index (χ0n) is 15.7. The molecule has 0 saturated carbocycles. The second-order valence-corrected chi connectivity index (χ2v) is 6.06. The van der Waals surface area contributed by atoms with Crippen molar-refractivity contribution < 1.29 is 14.8 Å². The van der Waals surface area contributed by atoms with Gasteiger partial charge in [0.2, 0.25) is 0 Å². The van der Waals surface area contributed by atoms with Gasteiger partial charge in [-0.2, -0.15) is 5.11 Å². The van der Waals surface area contributed by atoms with Crippen molar-refractivity contribution in [2.24, 2.45) is 10.2 Å². The minimum atomic E-state index is -0.438. The van der Waals surface area contributed by atoms with Crippen LogP contribution < -0.4 is 4.74 Å². The summed E-state index contributed by atoms with van der Waals surface area (Å²) in [6.07, 6.45) is 3.61. The van der Waals surface area contributed by atoms with Crippen molar-refractivity contribution in [2.45, 2.75) is 6.92 Å². The molecule has 0 radical (unpaired) electrons. The van der Waals surface area contributed by atoms with Crippen molar-refractivity contribution in [2.75, 3.05) is 6.61 Å². The van der Waals surface area contributed by atoms with Crippen LogP contribution in [0.5, 0.6) is 11.5 Å². The minimum absolute atomic E-state index is 0.00513. The van der Waals surface area contributed by atoms with Gasteiger partial charge in [0, 0.05) is 12.1 Å². The third-order valence-corrected chi connectivity index (χ3v) is 3.99. The summed E-state index contributed by atoms with van der Waals surface area (Å²) in [5.41, 5.74) is 2.62. The molecule has 3 aromatic rings. The number of nitrogens with zero attached hydrogens (tertiary/aromatic N) is 3. The van der Waals surface area contributed by atoms with Crippen LogP contribution in [0.1, 0.15) is 18.1 Å². The normalized spacial score (nSPS) is 11.2. The number of hydrogen-bond donors (Lipinski definition) is 1. The molecule has 0 unspecified atom stereocenters. The van der Waals surface area contributed by atoms with Gasteiger partial charge in [-0.15, -0.1) is 5.11 Å². The summed E-state index contributed by atoms with van der Waals surface area (Å²) in [6.45, 7) is 2.51. The largest absolute Gasteiger partial charge is 0.506 e. The van der Waals surface area contributed by atoms with Gasteiger partial charge in [0.05, 0.1) is 17.2 Å². The van der Waals surface area contributed by atoms with E-state index >= 15 is 0 Å². The van der Waals surface area contributed by atoms with Gasteiger partial charge in [-0.3, -0.25) is 10.1 Å². The lowest BCUT2D eigenvalue weighted by atomic mass is 10.1. The Bertz CT molecular complexity index is 1040. The molecular weight excluding hydrogens is 370 g/mol. The van der Waals surface area contributed by atoms with E-state index in [4.69, 9.17) is 4.74 Å². The Morgan fingerprint density at radius 2 is 1.62 bits per heavy atom. The molecule has 7 nitrogen and oxygen atoms in total. The van der Waals surface area contributed by atoms with Crippen LogP contribution in [-0.2, 0) is 0 Å². The lowest BCUT2D eigenvalue weighted by molar-refractivity contribution is -0.384. The van der Waals surface area contributed by atoms with E-state index in [0.29, 0.717) is 18.0 Å². The fourth-order valence-corrected chi connectivity index (χ4v) is 2.52. The van der Waals surface area contributed by atoms with Crippen molar-refractivity contribution in [1.82, 2.24) is 0 Å². The maximum atomic E-state index is 10.7. The average molecular weight is 389 g/mol. The zero-order valence-corrected chi connectivity index (χ0v) is 15.7. The maximum Gasteiger partial charge on any atom is 0.269 e. The van der Waals surface area contributed by atoms with Gasteiger partial charge in [-0.1, -0.05) is 18.2 Å². The van der Waals surface area contributed by atoms with Gasteiger partial charge in [0.15, 0.2) is 0 Å². The topological polar surface area (TPSA) is 97.3 Å². The van der Waals surface area contributed by atoms with Crippen LogP contribution in [0, 0.1) is 10.1 Å². The predicted molar refractivity (Wildman–Crippen MR) is 112 cm³/mol. The highest BCUT2D eigenvalue weighted by atomic mass is 16.6. The number of non-ortho nitro benzene ring substituents is 1. The van der Waals surface area contributed by atoms with Crippen LogP contribution in [-0.4, -0.2) is 16.6 Å². The van der Waals surface area contributed by atoms with E-state index in [2.05, 4.69) is 10.2 Å². The molecular formula is C22H19N3O4. The summed E-state index contributed by atoms with van der Waals surface area (Å²) < 4.78 is 5.38. The first-order valence-corrected chi connectivity index (χ1v) is 8.95. The first kappa shape index (κ1) is 19.8. The highest BCUT2D eigenvalue weighted by molar-refractivity contribution is 5.72. The number of azo groups is 1. The number of benzene rings is 3. The Morgan fingerprint density at radius 3 is 2.24 bits per heavy atom. The standard InChI is InChI=1S/C22H19N3O4/c1-2-29-20-12-8-18(9-13-20)23-24-21-14-7-17(15-22(21)26)4-3-16-5-10-19(11-6-16)25(27)28/h3-15,26H,2H2,1H3/b4-3+,24-23?.